The number of hydrogen-bond acceptors (Lipinski definition) is 4. The average Bonchev–Trinajstić information content (AvgIpc) is 3.23. The minimum Gasteiger partial charge on any atom is -0.489 e. The van der Waals surface area contributed by atoms with Crippen LogP contribution in [0.4, 0.5) is 0 Å². The topological polar surface area (TPSA) is 34.1 Å². The maximum atomic E-state index is 5.91. The summed E-state index contributed by atoms with van der Waals surface area (Å²) in [5, 5.41) is 6.66. The lowest BCUT2D eigenvalue weighted by Crippen LogP contribution is -2.13. The van der Waals surface area contributed by atoms with E-state index in [1.807, 2.05) is 48.5 Å². The van der Waals surface area contributed by atoms with Crippen LogP contribution in [0.5, 0.6) is 5.75 Å². The van der Waals surface area contributed by atoms with Crippen molar-refractivity contribution < 1.29 is 4.74 Å². The summed E-state index contributed by atoms with van der Waals surface area (Å²) in [5.41, 5.74) is 4.61. The van der Waals surface area contributed by atoms with E-state index in [4.69, 9.17) is 9.72 Å². The number of nitrogens with one attached hydrogen (secondary N) is 1. The zero-order valence-electron chi connectivity index (χ0n) is 15.5. The number of thiazole rings is 1. The van der Waals surface area contributed by atoms with Gasteiger partial charge in [-0.15, -0.1) is 11.3 Å². The quantitative estimate of drug-likeness (QED) is 0.423. The van der Waals surface area contributed by atoms with E-state index in [0.717, 1.165) is 29.5 Å². The van der Waals surface area contributed by atoms with E-state index >= 15 is 0 Å². The van der Waals surface area contributed by atoms with Crippen molar-refractivity contribution in [3.63, 3.8) is 0 Å². The van der Waals surface area contributed by atoms with Crippen molar-refractivity contribution in [1.29, 1.82) is 0 Å². The molecule has 0 saturated heterocycles. The smallest absolute Gasteiger partial charge is 0.123 e. The van der Waals surface area contributed by atoms with Crippen LogP contribution < -0.4 is 10.1 Å². The van der Waals surface area contributed by atoms with Gasteiger partial charge in [0, 0.05) is 24.0 Å². The first-order valence-electron chi connectivity index (χ1n) is 9.33. The Labute approximate surface area is 169 Å². The third-order valence-corrected chi connectivity index (χ3v) is 5.29. The fourth-order valence-corrected chi connectivity index (χ4v) is 3.75. The van der Waals surface area contributed by atoms with E-state index in [-0.39, 0.29) is 0 Å². The number of benzene rings is 3. The van der Waals surface area contributed by atoms with Gasteiger partial charge in [0.15, 0.2) is 0 Å². The van der Waals surface area contributed by atoms with E-state index < -0.39 is 0 Å². The summed E-state index contributed by atoms with van der Waals surface area (Å²) in [6.07, 6.45) is 0. The fourth-order valence-electron chi connectivity index (χ4n) is 2.92. The van der Waals surface area contributed by atoms with Crippen LogP contribution >= 0.6 is 11.3 Å². The van der Waals surface area contributed by atoms with Crippen molar-refractivity contribution in [3.05, 3.63) is 107 Å². The standard InChI is InChI=1S/C24H22N2OS/c1-3-8-19(9-4-1)17-27-23-13-7-10-20(14-23)15-25-16-22-18-28-24(26-22)21-11-5-2-6-12-21/h1-14,18,25H,15-17H2. The molecule has 4 aromatic rings. The second-order valence-electron chi connectivity index (χ2n) is 6.54. The monoisotopic (exact) mass is 386 g/mol. The molecule has 0 fully saturated rings. The molecule has 0 radical (unpaired) electrons. The molecule has 140 valence electrons. The van der Waals surface area contributed by atoms with Gasteiger partial charge in [0.05, 0.1) is 5.69 Å². The molecule has 0 atom stereocenters. The Morgan fingerprint density at radius 2 is 1.54 bits per heavy atom. The Morgan fingerprint density at radius 3 is 2.36 bits per heavy atom. The fraction of sp³-hybridized carbons (Fsp3) is 0.125. The SMILES string of the molecule is c1ccc(COc2cccc(CNCc3csc(-c4ccccc4)n3)c2)cc1. The van der Waals surface area contributed by atoms with Crippen molar-refractivity contribution in [2.75, 3.05) is 0 Å². The lowest BCUT2D eigenvalue weighted by Gasteiger charge is -2.09. The van der Waals surface area contributed by atoms with E-state index in [1.54, 1.807) is 11.3 Å². The highest BCUT2D eigenvalue weighted by atomic mass is 32.1. The molecule has 0 bridgehead atoms. The highest BCUT2D eigenvalue weighted by Crippen LogP contribution is 2.23. The first-order chi connectivity index (χ1) is 13.9. The molecular formula is C24H22N2OS. The van der Waals surface area contributed by atoms with Crippen molar-refractivity contribution in [2.45, 2.75) is 19.7 Å². The third-order valence-electron chi connectivity index (χ3n) is 4.35. The lowest BCUT2D eigenvalue weighted by atomic mass is 10.2. The molecular weight excluding hydrogens is 364 g/mol. The number of rotatable bonds is 8. The van der Waals surface area contributed by atoms with Gasteiger partial charge < -0.3 is 10.1 Å². The van der Waals surface area contributed by atoms with E-state index in [2.05, 4.69) is 47.1 Å². The molecule has 0 unspecified atom stereocenters. The molecule has 0 amide bonds. The molecule has 0 aliphatic heterocycles. The predicted molar refractivity (Wildman–Crippen MR) is 115 cm³/mol. The second-order valence-corrected chi connectivity index (χ2v) is 7.39. The van der Waals surface area contributed by atoms with Crippen molar-refractivity contribution in [3.8, 4) is 16.3 Å². The van der Waals surface area contributed by atoms with E-state index in [1.165, 1.54) is 16.7 Å². The second kappa shape index (κ2) is 9.31. The van der Waals surface area contributed by atoms with Crippen molar-refractivity contribution in [1.82, 2.24) is 10.3 Å². The normalized spacial score (nSPS) is 10.7. The minimum atomic E-state index is 0.582. The van der Waals surface area contributed by atoms with Crippen LogP contribution in [0.25, 0.3) is 10.6 Å². The average molecular weight is 387 g/mol. The number of ether oxygens (including phenoxy) is 1. The van der Waals surface area contributed by atoms with Crippen LogP contribution in [0.3, 0.4) is 0 Å². The van der Waals surface area contributed by atoms with Crippen LogP contribution in [-0.4, -0.2) is 4.98 Å². The molecule has 3 nitrogen and oxygen atoms in total. The van der Waals surface area contributed by atoms with Gasteiger partial charge in [0.25, 0.3) is 0 Å². The first kappa shape index (κ1) is 18.4. The summed E-state index contributed by atoms with van der Waals surface area (Å²) < 4.78 is 5.91. The maximum absolute atomic E-state index is 5.91. The van der Waals surface area contributed by atoms with Crippen molar-refractivity contribution in [2.24, 2.45) is 0 Å². The van der Waals surface area contributed by atoms with E-state index in [9.17, 15) is 0 Å². The molecule has 1 heterocycles. The van der Waals surface area contributed by atoms with Gasteiger partial charge in [0.1, 0.15) is 17.4 Å². The molecule has 28 heavy (non-hydrogen) atoms. The Balaban J connectivity index is 1.29. The molecule has 1 N–H and O–H groups in total. The molecule has 0 spiro atoms. The predicted octanol–water partition coefficient (Wildman–Crippen LogP) is 5.68. The summed E-state index contributed by atoms with van der Waals surface area (Å²) in [6.45, 7) is 2.11. The Kier molecular flexibility index (Phi) is 6.12. The Bertz CT molecular complexity index is 999. The molecule has 1 aromatic heterocycles. The van der Waals surface area contributed by atoms with Crippen LogP contribution in [0, 0.1) is 0 Å². The summed E-state index contributed by atoms with van der Waals surface area (Å²) in [4.78, 5) is 4.72. The van der Waals surface area contributed by atoms with Crippen LogP contribution in [0.15, 0.2) is 90.3 Å². The number of nitrogens with zero attached hydrogens (tertiary/aromatic N) is 1. The van der Waals surface area contributed by atoms with Gasteiger partial charge >= 0.3 is 0 Å². The van der Waals surface area contributed by atoms with Crippen LogP contribution in [0.2, 0.25) is 0 Å². The van der Waals surface area contributed by atoms with Gasteiger partial charge in [-0.25, -0.2) is 4.98 Å². The lowest BCUT2D eigenvalue weighted by molar-refractivity contribution is 0.306. The molecule has 3 aromatic carbocycles. The summed E-state index contributed by atoms with van der Waals surface area (Å²) >= 11 is 1.68. The van der Waals surface area contributed by atoms with Gasteiger partial charge in [-0.05, 0) is 23.3 Å². The highest BCUT2D eigenvalue weighted by molar-refractivity contribution is 7.13. The Morgan fingerprint density at radius 1 is 0.786 bits per heavy atom. The van der Waals surface area contributed by atoms with Gasteiger partial charge in [-0.1, -0.05) is 72.8 Å². The minimum absolute atomic E-state index is 0.582. The van der Waals surface area contributed by atoms with Crippen molar-refractivity contribution >= 4 is 11.3 Å². The molecule has 0 aliphatic rings. The van der Waals surface area contributed by atoms with Crippen LogP contribution in [-0.2, 0) is 19.7 Å². The maximum Gasteiger partial charge on any atom is 0.123 e. The number of hydrogen-bond donors (Lipinski definition) is 1. The third kappa shape index (κ3) is 5.06. The summed E-state index contributed by atoms with van der Waals surface area (Å²) in [7, 11) is 0. The largest absolute Gasteiger partial charge is 0.489 e. The highest BCUT2D eigenvalue weighted by Gasteiger charge is 2.04. The van der Waals surface area contributed by atoms with Gasteiger partial charge in [0.2, 0.25) is 0 Å². The first-order valence-corrected chi connectivity index (χ1v) is 10.2. The number of aromatic nitrogens is 1. The zero-order chi connectivity index (χ0) is 19.0. The van der Waals surface area contributed by atoms with E-state index in [0.29, 0.717) is 6.61 Å². The van der Waals surface area contributed by atoms with Gasteiger partial charge in [-0.3, -0.25) is 0 Å². The van der Waals surface area contributed by atoms with Crippen LogP contribution in [0.1, 0.15) is 16.8 Å². The zero-order valence-corrected chi connectivity index (χ0v) is 16.4. The summed E-state index contributed by atoms with van der Waals surface area (Å²) in [5.74, 6) is 0.892. The summed E-state index contributed by atoms with van der Waals surface area (Å²) in [6, 6.07) is 28.8. The molecule has 0 aliphatic carbocycles. The molecule has 0 saturated carbocycles. The van der Waals surface area contributed by atoms with Gasteiger partial charge in [-0.2, -0.15) is 0 Å². The Hall–Kier alpha value is -2.95. The molecule has 4 rings (SSSR count). The molecule has 4 heteroatoms.